The fourth-order valence-corrected chi connectivity index (χ4v) is 1.98. The van der Waals surface area contributed by atoms with Gasteiger partial charge in [-0.05, 0) is 31.0 Å². The smallest absolute Gasteiger partial charge is 0.0991 e. The van der Waals surface area contributed by atoms with Crippen LogP contribution in [0.5, 0.6) is 0 Å². The van der Waals surface area contributed by atoms with E-state index in [1.807, 2.05) is 24.3 Å². The maximum atomic E-state index is 8.88. The van der Waals surface area contributed by atoms with E-state index in [2.05, 4.69) is 25.2 Å². The maximum Gasteiger partial charge on any atom is 0.0991 e. The lowest BCUT2D eigenvalue weighted by Gasteiger charge is -2.38. The van der Waals surface area contributed by atoms with Gasteiger partial charge in [0, 0.05) is 12.1 Å². The molecule has 1 heterocycles. The van der Waals surface area contributed by atoms with Crippen molar-refractivity contribution in [1.82, 2.24) is 5.32 Å². The lowest BCUT2D eigenvalue weighted by atomic mass is 9.96. The van der Waals surface area contributed by atoms with Gasteiger partial charge in [0.15, 0.2) is 0 Å². The number of rotatable bonds is 2. The summed E-state index contributed by atoms with van der Waals surface area (Å²) in [5.74, 6) is 0. The van der Waals surface area contributed by atoms with Gasteiger partial charge in [-0.3, -0.25) is 0 Å². The van der Waals surface area contributed by atoms with Crippen molar-refractivity contribution in [1.29, 1.82) is 5.26 Å². The second-order valence-electron chi connectivity index (χ2n) is 4.83. The van der Waals surface area contributed by atoms with Crippen molar-refractivity contribution >= 4 is 0 Å². The Morgan fingerprint density at radius 2 is 2.41 bits per heavy atom. The van der Waals surface area contributed by atoms with Gasteiger partial charge in [-0.1, -0.05) is 19.1 Å². The minimum Gasteiger partial charge on any atom is -0.370 e. The molecule has 0 saturated carbocycles. The molecule has 0 aliphatic carbocycles. The van der Waals surface area contributed by atoms with Crippen LogP contribution in [0.1, 0.15) is 37.5 Å². The lowest BCUT2D eigenvalue weighted by molar-refractivity contribution is -0.0299. The van der Waals surface area contributed by atoms with Crippen LogP contribution in [0.3, 0.4) is 0 Å². The molecule has 1 aromatic carbocycles. The van der Waals surface area contributed by atoms with Crippen molar-refractivity contribution in [2.45, 2.75) is 31.9 Å². The maximum absolute atomic E-state index is 8.88. The van der Waals surface area contributed by atoms with Crippen molar-refractivity contribution < 1.29 is 4.74 Å². The van der Waals surface area contributed by atoms with Crippen molar-refractivity contribution in [3.05, 3.63) is 35.4 Å². The molecule has 90 valence electrons. The predicted octanol–water partition coefficient (Wildman–Crippen LogP) is 2.39. The van der Waals surface area contributed by atoms with Gasteiger partial charge in [-0.15, -0.1) is 0 Å². The van der Waals surface area contributed by atoms with Crippen LogP contribution in [0.15, 0.2) is 24.3 Å². The summed E-state index contributed by atoms with van der Waals surface area (Å²) < 4.78 is 5.90. The highest BCUT2D eigenvalue weighted by Crippen LogP contribution is 2.25. The lowest BCUT2D eigenvalue weighted by Crippen LogP contribution is -2.52. The van der Waals surface area contributed by atoms with Crippen molar-refractivity contribution in [2.24, 2.45) is 0 Å². The summed E-state index contributed by atoms with van der Waals surface area (Å²) in [4.78, 5) is 0. The van der Waals surface area contributed by atoms with Crippen molar-refractivity contribution in [3.8, 4) is 6.07 Å². The molecular formula is C14H18N2O. The Morgan fingerprint density at radius 1 is 1.59 bits per heavy atom. The number of hydrogen-bond acceptors (Lipinski definition) is 3. The summed E-state index contributed by atoms with van der Waals surface area (Å²) >= 11 is 0. The molecule has 1 aliphatic heterocycles. The van der Waals surface area contributed by atoms with Gasteiger partial charge in [0.25, 0.3) is 0 Å². The predicted molar refractivity (Wildman–Crippen MR) is 66.5 cm³/mol. The molecule has 1 aromatic rings. The first-order valence-electron chi connectivity index (χ1n) is 6.03. The zero-order valence-corrected chi connectivity index (χ0v) is 10.4. The highest BCUT2D eigenvalue weighted by Gasteiger charge is 2.30. The fraction of sp³-hybridized carbons (Fsp3) is 0.500. The number of benzene rings is 1. The van der Waals surface area contributed by atoms with Crippen LogP contribution in [0.2, 0.25) is 0 Å². The minimum absolute atomic E-state index is 0.0583. The van der Waals surface area contributed by atoms with E-state index >= 15 is 0 Å². The number of hydrogen-bond donors (Lipinski definition) is 1. The van der Waals surface area contributed by atoms with Gasteiger partial charge < -0.3 is 10.1 Å². The molecule has 2 unspecified atom stereocenters. The van der Waals surface area contributed by atoms with E-state index in [0.29, 0.717) is 12.2 Å². The first kappa shape index (κ1) is 12.1. The molecule has 3 heteroatoms. The SMILES string of the molecule is CCC1(C)COC(c2cccc(C#N)c2)CN1. The van der Waals surface area contributed by atoms with Crippen LogP contribution in [0.4, 0.5) is 0 Å². The van der Waals surface area contributed by atoms with Crippen LogP contribution in [-0.4, -0.2) is 18.7 Å². The average molecular weight is 230 g/mol. The van der Waals surface area contributed by atoms with Crippen molar-refractivity contribution in [3.63, 3.8) is 0 Å². The topological polar surface area (TPSA) is 45.0 Å². The highest BCUT2D eigenvalue weighted by atomic mass is 16.5. The van der Waals surface area contributed by atoms with Crippen LogP contribution in [0, 0.1) is 11.3 Å². The Morgan fingerprint density at radius 3 is 3.00 bits per heavy atom. The molecule has 0 radical (unpaired) electrons. The Balaban J connectivity index is 2.08. The Bertz CT molecular complexity index is 428. The van der Waals surface area contributed by atoms with Crippen LogP contribution in [0.25, 0.3) is 0 Å². The number of morpholine rings is 1. The molecule has 0 bridgehead atoms. The fourth-order valence-electron chi connectivity index (χ4n) is 1.98. The van der Waals surface area contributed by atoms with Crippen LogP contribution >= 0.6 is 0 Å². The number of nitrogens with zero attached hydrogens (tertiary/aromatic N) is 1. The number of ether oxygens (including phenoxy) is 1. The third-order valence-electron chi connectivity index (χ3n) is 3.49. The van der Waals surface area contributed by atoms with E-state index in [9.17, 15) is 0 Å². The van der Waals surface area contributed by atoms with Gasteiger partial charge in [-0.25, -0.2) is 0 Å². The summed E-state index contributed by atoms with van der Waals surface area (Å²) in [5, 5.41) is 12.4. The monoisotopic (exact) mass is 230 g/mol. The summed E-state index contributed by atoms with van der Waals surface area (Å²) in [6, 6.07) is 9.80. The van der Waals surface area contributed by atoms with E-state index in [4.69, 9.17) is 10.00 Å². The van der Waals surface area contributed by atoms with Crippen LogP contribution in [-0.2, 0) is 4.74 Å². The van der Waals surface area contributed by atoms with Crippen LogP contribution < -0.4 is 5.32 Å². The largest absolute Gasteiger partial charge is 0.370 e. The molecule has 3 nitrogen and oxygen atoms in total. The third kappa shape index (κ3) is 2.66. The quantitative estimate of drug-likeness (QED) is 0.848. The molecule has 0 aromatic heterocycles. The van der Waals surface area contributed by atoms with Crippen molar-refractivity contribution in [2.75, 3.05) is 13.2 Å². The minimum atomic E-state index is 0.0583. The van der Waals surface area contributed by atoms with E-state index < -0.39 is 0 Å². The third-order valence-corrected chi connectivity index (χ3v) is 3.49. The highest BCUT2D eigenvalue weighted by molar-refractivity contribution is 5.34. The molecule has 2 atom stereocenters. The van der Waals surface area contributed by atoms with Gasteiger partial charge >= 0.3 is 0 Å². The van der Waals surface area contributed by atoms with E-state index in [1.54, 1.807) is 0 Å². The molecule has 1 aliphatic rings. The Kier molecular flexibility index (Phi) is 3.46. The normalized spacial score (nSPS) is 28.6. The second-order valence-corrected chi connectivity index (χ2v) is 4.83. The standard InChI is InChI=1S/C14H18N2O/c1-3-14(2)10-17-13(9-16-14)12-6-4-5-11(7-12)8-15/h4-7,13,16H,3,9-10H2,1-2H3. The zero-order valence-electron chi connectivity index (χ0n) is 10.4. The molecule has 1 fully saturated rings. The van der Waals surface area contributed by atoms with Gasteiger partial charge in [0.2, 0.25) is 0 Å². The summed E-state index contributed by atoms with van der Waals surface area (Å²) in [7, 11) is 0. The van der Waals surface area contributed by atoms with Gasteiger partial charge in [0.05, 0.1) is 24.3 Å². The average Bonchev–Trinajstić information content (AvgIpc) is 2.40. The van der Waals surface area contributed by atoms with E-state index in [0.717, 1.165) is 18.5 Å². The summed E-state index contributed by atoms with van der Waals surface area (Å²) in [6.07, 6.45) is 1.11. The molecule has 1 N–H and O–H groups in total. The van der Waals surface area contributed by atoms with Gasteiger partial charge in [0.1, 0.15) is 0 Å². The van der Waals surface area contributed by atoms with Gasteiger partial charge in [-0.2, -0.15) is 5.26 Å². The molecule has 0 spiro atoms. The molecule has 2 rings (SSSR count). The number of nitrogens with one attached hydrogen (secondary N) is 1. The summed E-state index contributed by atoms with van der Waals surface area (Å²) in [6.45, 7) is 5.85. The summed E-state index contributed by atoms with van der Waals surface area (Å²) in [5.41, 5.74) is 1.85. The van der Waals surface area contributed by atoms with E-state index in [1.165, 1.54) is 0 Å². The second kappa shape index (κ2) is 4.87. The Hall–Kier alpha value is -1.37. The number of nitriles is 1. The first-order chi connectivity index (χ1) is 8.17. The molecule has 0 amide bonds. The van der Waals surface area contributed by atoms with E-state index in [-0.39, 0.29) is 11.6 Å². The molecule has 1 saturated heterocycles. The molecule has 17 heavy (non-hydrogen) atoms. The Labute approximate surface area is 102 Å². The zero-order chi connectivity index (χ0) is 12.3. The first-order valence-corrected chi connectivity index (χ1v) is 6.03. The molecular weight excluding hydrogens is 212 g/mol.